The van der Waals surface area contributed by atoms with Crippen molar-refractivity contribution in [3.8, 4) is 5.69 Å². The third-order valence-electron chi connectivity index (χ3n) is 4.82. The SMILES string of the molecule is C[C@@H](c1ccc(-n2cncn2)cc1)N(C)C(=O)COCc1nc2ccccc2s1. The van der Waals surface area contributed by atoms with Crippen LogP contribution in [0.25, 0.3) is 15.9 Å². The second kappa shape index (κ2) is 8.50. The first-order valence-electron chi connectivity index (χ1n) is 9.24. The van der Waals surface area contributed by atoms with Crippen molar-refractivity contribution in [2.24, 2.45) is 0 Å². The largest absolute Gasteiger partial charge is 0.364 e. The second-order valence-corrected chi connectivity index (χ2v) is 7.80. The molecule has 0 fully saturated rings. The van der Waals surface area contributed by atoms with Crippen molar-refractivity contribution < 1.29 is 9.53 Å². The fourth-order valence-electron chi connectivity index (χ4n) is 3.00. The minimum absolute atomic E-state index is 0.0216. The van der Waals surface area contributed by atoms with E-state index >= 15 is 0 Å². The molecular weight excluding hydrogens is 386 g/mol. The first-order chi connectivity index (χ1) is 14.1. The van der Waals surface area contributed by atoms with Crippen LogP contribution in [0.2, 0.25) is 0 Å². The maximum absolute atomic E-state index is 12.5. The molecule has 2 aromatic carbocycles. The fraction of sp³-hybridized carbons (Fsp3) is 0.238. The summed E-state index contributed by atoms with van der Waals surface area (Å²) in [5.74, 6) is -0.0704. The van der Waals surface area contributed by atoms with Crippen LogP contribution >= 0.6 is 11.3 Å². The molecule has 0 saturated carbocycles. The molecule has 2 heterocycles. The van der Waals surface area contributed by atoms with Gasteiger partial charge in [0.2, 0.25) is 5.91 Å². The van der Waals surface area contributed by atoms with Gasteiger partial charge in [-0.15, -0.1) is 11.3 Å². The maximum atomic E-state index is 12.5. The molecule has 0 aliphatic rings. The molecule has 0 radical (unpaired) electrons. The van der Waals surface area contributed by atoms with Crippen molar-refractivity contribution in [1.82, 2.24) is 24.6 Å². The average Bonchev–Trinajstić information content (AvgIpc) is 3.42. The third kappa shape index (κ3) is 4.33. The number of benzene rings is 2. The van der Waals surface area contributed by atoms with Crippen LogP contribution in [-0.4, -0.2) is 44.2 Å². The lowest BCUT2D eigenvalue weighted by Crippen LogP contribution is -2.32. The van der Waals surface area contributed by atoms with E-state index in [-0.39, 0.29) is 18.6 Å². The minimum Gasteiger partial charge on any atom is -0.364 e. The van der Waals surface area contributed by atoms with Gasteiger partial charge in [0.25, 0.3) is 0 Å². The molecule has 4 aromatic rings. The molecule has 0 aliphatic carbocycles. The standard InChI is InChI=1S/C21H21N5O2S/c1-15(16-7-9-17(10-8-16)26-14-22-13-23-26)25(2)21(27)12-28-11-20-24-18-5-3-4-6-19(18)29-20/h3-10,13-15H,11-12H2,1-2H3/t15-/m0/s1. The lowest BCUT2D eigenvalue weighted by molar-refractivity contribution is -0.137. The predicted molar refractivity (Wildman–Crippen MR) is 112 cm³/mol. The summed E-state index contributed by atoms with van der Waals surface area (Å²) in [6.45, 7) is 2.35. The number of carbonyl (C=O) groups excluding carboxylic acids is 1. The highest BCUT2D eigenvalue weighted by Crippen LogP contribution is 2.23. The smallest absolute Gasteiger partial charge is 0.248 e. The average molecular weight is 407 g/mol. The van der Waals surface area contributed by atoms with Gasteiger partial charge in [0.1, 0.15) is 24.3 Å². The van der Waals surface area contributed by atoms with Crippen molar-refractivity contribution in [2.75, 3.05) is 13.7 Å². The number of fused-ring (bicyclic) bond motifs is 1. The summed E-state index contributed by atoms with van der Waals surface area (Å²) in [6.07, 6.45) is 3.15. The number of thiazole rings is 1. The topological polar surface area (TPSA) is 73.1 Å². The van der Waals surface area contributed by atoms with E-state index in [9.17, 15) is 4.79 Å². The Labute approximate surface area is 172 Å². The normalized spacial score (nSPS) is 12.2. The zero-order valence-electron chi connectivity index (χ0n) is 16.2. The number of amides is 1. The van der Waals surface area contributed by atoms with Gasteiger partial charge in [-0.1, -0.05) is 24.3 Å². The Bertz CT molecular complexity index is 1060. The molecule has 8 heteroatoms. The third-order valence-corrected chi connectivity index (χ3v) is 5.83. The quantitative estimate of drug-likeness (QED) is 0.468. The number of para-hydroxylation sites is 1. The van der Waals surface area contributed by atoms with Crippen LogP contribution < -0.4 is 0 Å². The summed E-state index contributed by atoms with van der Waals surface area (Å²) in [6, 6.07) is 15.8. The van der Waals surface area contributed by atoms with Crippen LogP contribution in [0.4, 0.5) is 0 Å². The summed E-state index contributed by atoms with van der Waals surface area (Å²) < 4.78 is 8.44. The van der Waals surface area contributed by atoms with E-state index in [1.54, 1.807) is 34.3 Å². The highest BCUT2D eigenvalue weighted by molar-refractivity contribution is 7.18. The number of rotatable bonds is 7. The summed E-state index contributed by atoms with van der Waals surface area (Å²) in [4.78, 5) is 22.7. The van der Waals surface area contributed by atoms with Gasteiger partial charge in [-0.05, 0) is 36.8 Å². The highest BCUT2D eigenvalue weighted by atomic mass is 32.1. The Kier molecular flexibility index (Phi) is 5.64. The number of carbonyl (C=O) groups is 1. The van der Waals surface area contributed by atoms with Crippen molar-refractivity contribution in [1.29, 1.82) is 0 Å². The van der Waals surface area contributed by atoms with Gasteiger partial charge in [-0.25, -0.2) is 14.6 Å². The van der Waals surface area contributed by atoms with E-state index in [1.807, 2.05) is 55.5 Å². The van der Waals surface area contributed by atoms with E-state index in [1.165, 1.54) is 6.33 Å². The lowest BCUT2D eigenvalue weighted by Gasteiger charge is -2.25. The van der Waals surface area contributed by atoms with E-state index in [2.05, 4.69) is 15.1 Å². The highest BCUT2D eigenvalue weighted by Gasteiger charge is 2.18. The van der Waals surface area contributed by atoms with Gasteiger partial charge in [0.15, 0.2) is 0 Å². The van der Waals surface area contributed by atoms with E-state index < -0.39 is 0 Å². The van der Waals surface area contributed by atoms with Crippen LogP contribution in [0.3, 0.4) is 0 Å². The minimum atomic E-state index is -0.0710. The number of nitrogens with zero attached hydrogens (tertiary/aromatic N) is 5. The van der Waals surface area contributed by atoms with Gasteiger partial charge in [-0.3, -0.25) is 4.79 Å². The summed E-state index contributed by atoms with van der Waals surface area (Å²) in [7, 11) is 1.79. The lowest BCUT2D eigenvalue weighted by atomic mass is 10.1. The molecule has 29 heavy (non-hydrogen) atoms. The summed E-state index contributed by atoms with van der Waals surface area (Å²) in [5, 5.41) is 4.99. The second-order valence-electron chi connectivity index (χ2n) is 6.68. The van der Waals surface area contributed by atoms with E-state index in [0.717, 1.165) is 26.5 Å². The van der Waals surface area contributed by atoms with E-state index in [0.29, 0.717) is 6.61 Å². The van der Waals surface area contributed by atoms with Crippen LogP contribution in [0.15, 0.2) is 61.2 Å². The van der Waals surface area contributed by atoms with Crippen molar-refractivity contribution in [2.45, 2.75) is 19.6 Å². The van der Waals surface area contributed by atoms with Crippen LogP contribution in [0.1, 0.15) is 23.5 Å². The molecule has 0 aliphatic heterocycles. The molecule has 0 spiro atoms. The Balaban J connectivity index is 1.32. The van der Waals surface area contributed by atoms with Gasteiger partial charge >= 0.3 is 0 Å². The van der Waals surface area contributed by atoms with Crippen molar-refractivity contribution in [3.05, 3.63) is 71.8 Å². The molecule has 0 saturated heterocycles. The Morgan fingerprint density at radius 2 is 2.00 bits per heavy atom. The number of aromatic nitrogens is 4. The molecule has 2 aromatic heterocycles. The zero-order chi connectivity index (χ0) is 20.2. The molecule has 0 bridgehead atoms. The van der Waals surface area contributed by atoms with Crippen molar-refractivity contribution in [3.63, 3.8) is 0 Å². The molecule has 1 amide bonds. The van der Waals surface area contributed by atoms with Gasteiger partial charge in [-0.2, -0.15) is 5.10 Å². The Hall–Kier alpha value is -3.10. The zero-order valence-corrected chi connectivity index (χ0v) is 17.0. The van der Waals surface area contributed by atoms with Crippen LogP contribution in [0, 0.1) is 0 Å². The summed E-state index contributed by atoms with van der Waals surface area (Å²) in [5.41, 5.74) is 2.92. The molecular formula is C21H21N5O2S. The maximum Gasteiger partial charge on any atom is 0.248 e. The van der Waals surface area contributed by atoms with Crippen LogP contribution in [-0.2, 0) is 16.1 Å². The number of ether oxygens (including phenoxy) is 1. The molecule has 1 atom stereocenters. The molecule has 0 N–H and O–H groups in total. The first-order valence-corrected chi connectivity index (χ1v) is 10.1. The number of likely N-dealkylation sites (N-methyl/N-ethyl adjacent to an activating group) is 1. The number of hydrogen-bond donors (Lipinski definition) is 0. The first kappa shape index (κ1) is 19.2. The predicted octanol–water partition coefficient (Wildman–Crippen LogP) is 3.61. The monoisotopic (exact) mass is 407 g/mol. The Morgan fingerprint density at radius 1 is 1.21 bits per heavy atom. The molecule has 7 nitrogen and oxygen atoms in total. The molecule has 148 valence electrons. The van der Waals surface area contributed by atoms with Gasteiger partial charge < -0.3 is 9.64 Å². The van der Waals surface area contributed by atoms with Gasteiger partial charge in [0.05, 0.1) is 28.6 Å². The molecule has 4 rings (SSSR count). The van der Waals surface area contributed by atoms with Gasteiger partial charge in [0, 0.05) is 7.05 Å². The van der Waals surface area contributed by atoms with Crippen LogP contribution in [0.5, 0.6) is 0 Å². The van der Waals surface area contributed by atoms with E-state index in [4.69, 9.17) is 4.74 Å². The number of hydrogen-bond acceptors (Lipinski definition) is 6. The fourth-order valence-corrected chi connectivity index (χ4v) is 3.90. The summed E-state index contributed by atoms with van der Waals surface area (Å²) >= 11 is 1.59. The Morgan fingerprint density at radius 3 is 2.72 bits per heavy atom. The molecule has 0 unspecified atom stereocenters. The van der Waals surface area contributed by atoms with Crippen molar-refractivity contribution >= 4 is 27.5 Å².